The van der Waals surface area contributed by atoms with E-state index in [1.54, 1.807) is 0 Å². The third-order valence-electron chi connectivity index (χ3n) is 5.04. The molecular formula is C20H19ClF3NO4S. The number of anilines is 1. The van der Waals surface area contributed by atoms with E-state index in [9.17, 15) is 31.5 Å². The number of sulfone groups is 1. The maximum absolute atomic E-state index is 13.3. The van der Waals surface area contributed by atoms with Gasteiger partial charge in [-0.05, 0) is 49.8 Å². The molecule has 1 saturated carbocycles. The zero-order chi connectivity index (χ0) is 22.1. The second kappa shape index (κ2) is 8.95. The Morgan fingerprint density at radius 3 is 2.27 bits per heavy atom. The van der Waals surface area contributed by atoms with Gasteiger partial charge in [0.05, 0.1) is 21.8 Å². The Kier molecular flexibility index (Phi) is 6.74. The van der Waals surface area contributed by atoms with Gasteiger partial charge in [0.25, 0.3) is 5.91 Å². The minimum absolute atomic E-state index is 0.0544. The van der Waals surface area contributed by atoms with E-state index < -0.39 is 39.3 Å². The van der Waals surface area contributed by atoms with Crippen molar-refractivity contribution in [1.29, 1.82) is 0 Å². The van der Waals surface area contributed by atoms with Crippen molar-refractivity contribution in [2.24, 2.45) is 5.92 Å². The second-order valence-electron chi connectivity index (χ2n) is 7.31. The van der Waals surface area contributed by atoms with Crippen molar-refractivity contribution < 1.29 is 31.5 Å². The van der Waals surface area contributed by atoms with Gasteiger partial charge >= 0.3 is 0 Å². The number of rotatable bonds is 5. The van der Waals surface area contributed by atoms with Gasteiger partial charge in [-0.1, -0.05) is 11.6 Å². The van der Waals surface area contributed by atoms with Crippen molar-refractivity contribution in [3.8, 4) is 0 Å². The van der Waals surface area contributed by atoms with Gasteiger partial charge < -0.3 is 10.4 Å². The molecule has 162 valence electrons. The van der Waals surface area contributed by atoms with Crippen molar-refractivity contribution in [1.82, 2.24) is 0 Å². The van der Waals surface area contributed by atoms with Crippen molar-refractivity contribution in [2.75, 3.05) is 11.1 Å². The zero-order valence-corrected chi connectivity index (χ0v) is 17.2. The standard InChI is InChI=1S/C20H19ClF3NO4S/c21-15-6-3-12(20(27)25-13-8-16(22)19(24)17(23)9-13)7-18(15)30(28,29)10-11-1-4-14(26)5-2-11/h3,6-9,11,14,26H,1-2,4-5,10H2,(H,25,27). The molecule has 1 aliphatic carbocycles. The molecule has 1 amide bonds. The first kappa shape index (κ1) is 22.6. The Morgan fingerprint density at radius 2 is 1.67 bits per heavy atom. The predicted molar refractivity (Wildman–Crippen MR) is 106 cm³/mol. The normalized spacial score (nSPS) is 19.5. The molecule has 2 aromatic carbocycles. The summed E-state index contributed by atoms with van der Waals surface area (Å²) < 4.78 is 65.4. The van der Waals surface area contributed by atoms with Gasteiger partial charge in [-0.15, -0.1) is 0 Å². The Morgan fingerprint density at radius 1 is 1.07 bits per heavy atom. The number of amides is 1. The van der Waals surface area contributed by atoms with E-state index in [4.69, 9.17) is 11.6 Å². The lowest BCUT2D eigenvalue weighted by atomic mass is 9.89. The highest BCUT2D eigenvalue weighted by molar-refractivity contribution is 7.91. The van der Waals surface area contributed by atoms with E-state index in [1.807, 2.05) is 0 Å². The number of hydrogen-bond acceptors (Lipinski definition) is 4. The number of hydrogen-bond donors (Lipinski definition) is 2. The highest BCUT2D eigenvalue weighted by Gasteiger charge is 2.28. The minimum atomic E-state index is -3.82. The van der Waals surface area contributed by atoms with Crippen LogP contribution in [0.25, 0.3) is 0 Å². The van der Waals surface area contributed by atoms with Crippen molar-refractivity contribution in [2.45, 2.75) is 36.7 Å². The molecule has 2 N–H and O–H groups in total. The third kappa shape index (κ3) is 5.14. The molecule has 0 radical (unpaired) electrons. The van der Waals surface area contributed by atoms with E-state index in [-0.39, 0.29) is 32.8 Å². The molecule has 0 unspecified atom stereocenters. The van der Waals surface area contributed by atoms with E-state index in [2.05, 4.69) is 5.32 Å². The number of aliphatic hydroxyl groups is 1. The molecule has 0 spiro atoms. The Hall–Kier alpha value is -2.10. The summed E-state index contributed by atoms with van der Waals surface area (Å²) in [5.41, 5.74) is -0.418. The van der Waals surface area contributed by atoms with E-state index in [0.29, 0.717) is 37.8 Å². The van der Waals surface area contributed by atoms with Crippen LogP contribution in [0.4, 0.5) is 18.9 Å². The van der Waals surface area contributed by atoms with Gasteiger partial charge in [0, 0.05) is 23.4 Å². The third-order valence-corrected chi connectivity index (χ3v) is 7.40. The minimum Gasteiger partial charge on any atom is -0.393 e. The molecule has 1 fully saturated rings. The SMILES string of the molecule is O=C(Nc1cc(F)c(F)c(F)c1)c1ccc(Cl)c(S(=O)(=O)CC2CCC(O)CC2)c1. The van der Waals surface area contributed by atoms with Crippen LogP contribution in [0.15, 0.2) is 35.2 Å². The molecule has 30 heavy (non-hydrogen) atoms. The van der Waals surface area contributed by atoms with Crippen molar-refractivity contribution >= 4 is 33.0 Å². The number of carbonyl (C=O) groups excluding carboxylic acids is 1. The van der Waals surface area contributed by atoms with Gasteiger partial charge in [-0.2, -0.15) is 0 Å². The van der Waals surface area contributed by atoms with Crippen LogP contribution in [0, 0.1) is 23.4 Å². The van der Waals surface area contributed by atoms with Crippen LogP contribution >= 0.6 is 11.6 Å². The highest BCUT2D eigenvalue weighted by atomic mass is 35.5. The van der Waals surface area contributed by atoms with Crippen LogP contribution in [0.1, 0.15) is 36.0 Å². The first-order valence-corrected chi connectivity index (χ1v) is 11.3. The van der Waals surface area contributed by atoms with Crippen LogP contribution < -0.4 is 5.32 Å². The van der Waals surface area contributed by atoms with Crippen molar-refractivity contribution in [3.63, 3.8) is 0 Å². The first-order valence-electron chi connectivity index (χ1n) is 9.23. The molecule has 0 bridgehead atoms. The number of carbonyl (C=O) groups is 1. The average molecular weight is 462 g/mol. The lowest BCUT2D eigenvalue weighted by Gasteiger charge is -2.25. The fourth-order valence-corrected chi connectivity index (χ4v) is 5.70. The molecule has 0 aromatic heterocycles. The highest BCUT2D eigenvalue weighted by Crippen LogP contribution is 2.30. The Labute approximate surface area is 176 Å². The Balaban J connectivity index is 1.81. The monoisotopic (exact) mass is 461 g/mol. The summed E-state index contributed by atoms with van der Waals surface area (Å²) in [5.74, 6) is -5.74. The van der Waals surface area contributed by atoms with Crippen LogP contribution in [0.5, 0.6) is 0 Å². The summed E-state index contributed by atoms with van der Waals surface area (Å²) in [6.07, 6.45) is 1.78. The first-order chi connectivity index (χ1) is 14.1. The number of aliphatic hydroxyl groups excluding tert-OH is 1. The smallest absolute Gasteiger partial charge is 0.255 e. The lowest BCUT2D eigenvalue weighted by molar-refractivity contribution is 0.102. The molecule has 1 aliphatic rings. The van der Waals surface area contributed by atoms with Gasteiger partial charge in [0.15, 0.2) is 27.3 Å². The predicted octanol–water partition coefficient (Wildman–Crippen LogP) is 4.33. The fourth-order valence-electron chi connectivity index (χ4n) is 3.43. The van der Waals surface area contributed by atoms with Crippen LogP contribution in [0.3, 0.4) is 0 Å². The summed E-state index contributed by atoms with van der Waals surface area (Å²) in [6, 6.07) is 4.84. The van der Waals surface area contributed by atoms with Gasteiger partial charge in [0.2, 0.25) is 0 Å². The van der Waals surface area contributed by atoms with E-state index in [1.165, 1.54) is 12.1 Å². The van der Waals surface area contributed by atoms with Gasteiger partial charge in [0.1, 0.15) is 0 Å². The van der Waals surface area contributed by atoms with Crippen LogP contribution in [-0.2, 0) is 9.84 Å². The van der Waals surface area contributed by atoms with Gasteiger partial charge in [-0.25, -0.2) is 21.6 Å². The molecule has 0 aliphatic heterocycles. The summed E-state index contributed by atoms with van der Waals surface area (Å²) >= 11 is 6.05. The van der Waals surface area contributed by atoms with Gasteiger partial charge in [-0.3, -0.25) is 4.79 Å². The van der Waals surface area contributed by atoms with Crippen LogP contribution in [-0.4, -0.2) is 31.3 Å². The Bertz CT molecular complexity index is 1050. The quantitative estimate of drug-likeness (QED) is 0.649. The molecule has 5 nitrogen and oxygen atoms in total. The number of benzene rings is 2. The van der Waals surface area contributed by atoms with E-state index >= 15 is 0 Å². The largest absolute Gasteiger partial charge is 0.393 e. The maximum atomic E-state index is 13.3. The molecular weight excluding hydrogens is 443 g/mol. The zero-order valence-electron chi connectivity index (χ0n) is 15.7. The topological polar surface area (TPSA) is 83.5 Å². The summed E-state index contributed by atoms with van der Waals surface area (Å²) in [5, 5.41) is 11.7. The number of nitrogens with one attached hydrogen (secondary N) is 1. The molecule has 2 aromatic rings. The lowest BCUT2D eigenvalue weighted by Crippen LogP contribution is -2.24. The summed E-state index contributed by atoms with van der Waals surface area (Å²) in [4.78, 5) is 12.2. The summed E-state index contributed by atoms with van der Waals surface area (Å²) in [7, 11) is -3.82. The molecule has 0 saturated heterocycles. The maximum Gasteiger partial charge on any atom is 0.255 e. The fraction of sp³-hybridized carbons (Fsp3) is 0.350. The average Bonchev–Trinajstić information content (AvgIpc) is 2.67. The molecule has 0 heterocycles. The van der Waals surface area contributed by atoms with Crippen LogP contribution in [0.2, 0.25) is 5.02 Å². The van der Waals surface area contributed by atoms with Crippen molar-refractivity contribution in [3.05, 3.63) is 58.4 Å². The molecule has 10 heteroatoms. The second-order valence-corrected chi connectivity index (χ2v) is 9.72. The number of halogens is 4. The summed E-state index contributed by atoms with van der Waals surface area (Å²) in [6.45, 7) is 0. The molecule has 3 rings (SSSR count). The van der Waals surface area contributed by atoms with E-state index in [0.717, 1.165) is 6.07 Å². The molecule has 0 atom stereocenters.